The van der Waals surface area contributed by atoms with Gasteiger partial charge in [-0.2, -0.15) is 0 Å². The summed E-state index contributed by atoms with van der Waals surface area (Å²) in [7, 11) is -4.25. The van der Waals surface area contributed by atoms with Gasteiger partial charge in [-0.15, -0.1) is 0 Å². The van der Waals surface area contributed by atoms with Crippen molar-refractivity contribution in [3.63, 3.8) is 0 Å². The average molecular weight is 669 g/mol. The smallest absolute Gasteiger partial charge is 0.264 e. The molecule has 7 nitrogen and oxygen atoms in total. The monoisotopic (exact) mass is 667 g/mol. The normalized spacial score (nSPS) is 12.2. The third kappa shape index (κ3) is 8.22. The molecule has 0 heterocycles. The van der Waals surface area contributed by atoms with Gasteiger partial charge in [-0.3, -0.25) is 13.9 Å². The SMILES string of the molecule is Cc1ccc(S(=O)(=O)N(CC(=O)N(Cc2ccc(Br)cc2)[C@H](C)C(=O)NCC(C)C)c2cc(Cl)ccc2Cl)cc1. The maximum Gasteiger partial charge on any atom is 0.264 e. The van der Waals surface area contributed by atoms with Crippen LogP contribution in [0.25, 0.3) is 0 Å². The van der Waals surface area contributed by atoms with Crippen LogP contribution in [0, 0.1) is 12.8 Å². The number of nitrogens with zero attached hydrogens (tertiary/aromatic N) is 2. The molecule has 0 radical (unpaired) electrons. The van der Waals surface area contributed by atoms with Crippen molar-refractivity contribution in [2.45, 2.75) is 45.2 Å². The Hall–Kier alpha value is -2.59. The Morgan fingerprint density at radius 1 is 0.950 bits per heavy atom. The Labute approximate surface area is 254 Å². The molecule has 1 atom stereocenters. The average Bonchev–Trinajstić information content (AvgIpc) is 2.91. The summed E-state index contributed by atoms with van der Waals surface area (Å²) in [6.07, 6.45) is 0. The minimum atomic E-state index is -4.25. The predicted molar refractivity (Wildman–Crippen MR) is 164 cm³/mol. The molecule has 2 amide bonds. The lowest BCUT2D eigenvalue weighted by molar-refractivity contribution is -0.139. The summed E-state index contributed by atoms with van der Waals surface area (Å²) in [6.45, 7) is 7.33. The summed E-state index contributed by atoms with van der Waals surface area (Å²) in [6, 6.07) is 17.2. The fourth-order valence-electron chi connectivity index (χ4n) is 3.85. The van der Waals surface area contributed by atoms with Crippen LogP contribution in [0.1, 0.15) is 31.9 Å². The molecule has 0 bridgehead atoms. The Balaban J connectivity index is 2.05. The van der Waals surface area contributed by atoms with Gasteiger partial charge in [0.15, 0.2) is 0 Å². The first kappa shape index (κ1) is 31.9. The van der Waals surface area contributed by atoms with Crippen LogP contribution in [0.2, 0.25) is 10.0 Å². The van der Waals surface area contributed by atoms with E-state index in [0.717, 1.165) is 19.9 Å². The van der Waals surface area contributed by atoms with Gasteiger partial charge >= 0.3 is 0 Å². The third-order valence-electron chi connectivity index (χ3n) is 6.18. The number of sulfonamides is 1. The van der Waals surface area contributed by atoms with E-state index >= 15 is 0 Å². The molecular formula is C29H32BrCl2N3O4S. The Morgan fingerprint density at radius 2 is 1.57 bits per heavy atom. The molecule has 3 rings (SSSR count). The molecule has 0 aliphatic carbocycles. The summed E-state index contributed by atoms with van der Waals surface area (Å²) >= 11 is 16.1. The van der Waals surface area contributed by atoms with Gasteiger partial charge in [0.2, 0.25) is 11.8 Å². The van der Waals surface area contributed by atoms with E-state index in [9.17, 15) is 18.0 Å². The van der Waals surface area contributed by atoms with E-state index in [1.807, 2.05) is 45.0 Å². The summed E-state index contributed by atoms with van der Waals surface area (Å²) in [4.78, 5) is 28.4. The van der Waals surface area contributed by atoms with Crippen LogP contribution in [0.15, 0.2) is 76.1 Å². The van der Waals surface area contributed by atoms with Crippen LogP contribution < -0.4 is 9.62 Å². The molecule has 3 aromatic carbocycles. The number of hydrogen-bond acceptors (Lipinski definition) is 4. The number of anilines is 1. The molecule has 0 saturated heterocycles. The highest BCUT2D eigenvalue weighted by Gasteiger charge is 2.33. The van der Waals surface area contributed by atoms with Gasteiger partial charge in [0.05, 0.1) is 15.6 Å². The van der Waals surface area contributed by atoms with E-state index in [1.165, 1.54) is 35.2 Å². The largest absolute Gasteiger partial charge is 0.354 e. The topological polar surface area (TPSA) is 86.8 Å². The van der Waals surface area contributed by atoms with Gasteiger partial charge in [-0.1, -0.05) is 82.8 Å². The molecule has 1 N–H and O–H groups in total. The van der Waals surface area contributed by atoms with Crippen molar-refractivity contribution in [3.05, 3.63) is 92.4 Å². The lowest BCUT2D eigenvalue weighted by atomic mass is 10.1. The number of rotatable bonds is 11. The summed E-state index contributed by atoms with van der Waals surface area (Å²) in [5, 5.41) is 3.22. The molecule has 0 aliphatic rings. The van der Waals surface area contributed by atoms with Gasteiger partial charge in [0.1, 0.15) is 12.6 Å². The second-order valence-electron chi connectivity index (χ2n) is 9.88. The number of hydrogen-bond donors (Lipinski definition) is 1. The van der Waals surface area contributed by atoms with Crippen molar-refractivity contribution in [1.29, 1.82) is 0 Å². The zero-order valence-electron chi connectivity index (χ0n) is 22.7. The standard InChI is InChI=1S/C29H32BrCl2N3O4S/c1-19(2)16-33-29(37)21(4)34(17-22-7-9-23(30)10-8-22)28(36)18-35(27-15-24(31)11-14-26(27)32)40(38,39)25-12-5-20(3)6-13-25/h5-15,19,21H,16-18H2,1-4H3,(H,33,37)/t21-/m1/s1. The summed E-state index contributed by atoms with van der Waals surface area (Å²) < 4.78 is 29.6. The molecule has 214 valence electrons. The molecular weight excluding hydrogens is 637 g/mol. The van der Waals surface area contributed by atoms with E-state index in [1.54, 1.807) is 19.1 Å². The van der Waals surface area contributed by atoms with Crippen molar-refractivity contribution >= 4 is 66.7 Å². The molecule has 0 unspecified atom stereocenters. The number of aryl methyl sites for hydroxylation is 1. The molecule has 3 aromatic rings. The quantitative estimate of drug-likeness (QED) is 0.255. The lowest BCUT2D eigenvalue weighted by Crippen LogP contribution is -2.51. The number of halogens is 3. The highest BCUT2D eigenvalue weighted by atomic mass is 79.9. The van der Waals surface area contributed by atoms with Crippen molar-refractivity contribution < 1.29 is 18.0 Å². The zero-order chi connectivity index (χ0) is 29.6. The number of amides is 2. The van der Waals surface area contributed by atoms with Gasteiger partial charge in [-0.05, 0) is 67.8 Å². The van der Waals surface area contributed by atoms with Crippen LogP contribution in [-0.2, 0) is 26.2 Å². The van der Waals surface area contributed by atoms with E-state index in [4.69, 9.17) is 23.2 Å². The van der Waals surface area contributed by atoms with Gasteiger partial charge in [-0.25, -0.2) is 8.42 Å². The highest BCUT2D eigenvalue weighted by Crippen LogP contribution is 2.33. The number of carbonyl (C=O) groups excluding carboxylic acids is 2. The minimum Gasteiger partial charge on any atom is -0.354 e. The van der Waals surface area contributed by atoms with Gasteiger partial charge < -0.3 is 10.2 Å². The van der Waals surface area contributed by atoms with Gasteiger partial charge in [0, 0.05) is 22.6 Å². The molecule has 0 aliphatic heterocycles. The first-order valence-corrected chi connectivity index (χ1v) is 15.6. The number of benzene rings is 3. The first-order valence-electron chi connectivity index (χ1n) is 12.7. The van der Waals surface area contributed by atoms with Crippen molar-refractivity contribution in [2.24, 2.45) is 5.92 Å². The fourth-order valence-corrected chi connectivity index (χ4v) is 5.97. The molecule has 0 fully saturated rings. The third-order valence-corrected chi connectivity index (χ3v) is 9.04. The maximum absolute atomic E-state index is 14.0. The number of nitrogens with one attached hydrogen (secondary N) is 1. The van der Waals surface area contributed by atoms with E-state index in [-0.39, 0.29) is 39.0 Å². The Kier molecular flexibility index (Phi) is 11.1. The van der Waals surface area contributed by atoms with E-state index in [0.29, 0.717) is 6.54 Å². The molecule has 0 spiro atoms. The molecule has 0 saturated carbocycles. The minimum absolute atomic E-state index is 0.0101. The number of carbonyl (C=O) groups is 2. The summed E-state index contributed by atoms with van der Waals surface area (Å²) in [5.74, 6) is -0.707. The first-order chi connectivity index (χ1) is 18.8. The Morgan fingerprint density at radius 3 is 2.17 bits per heavy atom. The second kappa shape index (κ2) is 13.9. The van der Waals surface area contributed by atoms with E-state index < -0.39 is 28.5 Å². The molecule has 0 aromatic heterocycles. The molecule has 40 heavy (non-hydrogen) atoms. The van der Waals surface area contributed by atoms with Crippen molar-refractivity contribution in [2.75, 3.05) is 17.4 Å². The fraction of sp³-hybridized carbons (Fsp3) is 0.310. The van der Waals surface area contributed by atoms with E-state index in [2.05, 4.69) is 21.2 Å². The van der Waals surface area contributed by atoms with Crippen LogP contribution >= 0.6 is 39.1 Å². The van der Waals surface area contributed by atoms with Crippen molar-refractivity contribution in [1.82, 2.24) is 10.2 Å². The van der Waals surface area contributed by atoms with Crippen LogP contribution in [-0.4, -0.2) is 44.3 Å². The van der Waals surface area contributed by atoms with Crippen LogP contribution in [0.4, 0.5) is 5.69 Å². The maximum atomic E-state index is 14.0. The zero-order valence-corrected chi connectivity index (χ0v) is 26.6. The van der Waals surface area contributed by atoms with Crippen LogP contribution in [0.3, 0.4) is 0 Å². The summed E-state index contributed by atoms with van der Waals surface area (Å²) in [5.41, 5.74) is 1.71. The van der Waals surface area contributed by atoms with Crippen molar-refractivity contribution in [3.8, 4) is 0 Å². The lowest BCUT2D eigenvalue weighted by Gasteiger charge is -2.32. The Bertz CT molecular complexity index is 1450. The predicted octanol–water partition coefficient (Wildman–Crippen LogP) is 6.45. The molecule has 11 heteroatoms. The second-order valence-corrected chi connectivity index (χ2v) is 13.5. The highest BCUT2D eigenvalue weighted by molar-refractivity contribution is 9.10. The van der Waals surface area contributed by atoms with Crippen LogP contribution in [0.5, 0.6) is 0 Å². The van der Waals surface area contributed by atoms with Gasteiger partial charge in [0.25, 0.3) is 10.0 Å².